The minimum Gasteiger partial charge on any atom is -0.411 e. The lowest BCUT2D eigenvalue weighted by Gasteiger charge is -2.05. The molecule has 8 heteroatoms. The molecule has 24 heavy (non-hydrogen) atoms. The second-order valence-electron chi connectivity index (χ2n) is 4.67. The van der Waals surface area contributed by atoms with Crippen LogP contribution in [0, 0.1) is 0 Å². The molecule has 5 nitrogen and oxygen atoms in total. The highest BCUT2D eigenvalue weighted by atomic mass is 79.9. The Hall–Kier alpha value is -1.83. The van der Waals surface area contributed by atoms with Crippen LogP contribution in [0.4, 0.5) is 5.69 Å². The summed E-state index contributed by atoms with van der Waals surface area (Å²) in [6, 6.07) is 14.6. The zero-order chi connectivity index (χ0) is 16.9. The van der Waals surface area contributed by atoms with Crippen molar-refractivity contribution in [3.8, 4) is 11.5 Å². The molecule has 0 bridgehead atoms. The van der Waals surface area contributed by atoms with Gasteiger partial charge in [0.25, 0.3) is 5.22 Å². The predicted octanol–water partition coefficient (Wildman–Crippen LogP) is 4.88. The molecule has 0 saturated carbocycles. The van der Waals surface area contributed by atoms with Crippen LogP contribution in [-0.4, -0.2) is 21.9 Å². The highest BCUT2D eigenvalue weighted by Crippen LogP contribution is 2.29. The summed E-state index contributed by atoms with van der Waals surface area (Å²) in [5, 5.41) is 11.5. The van der Waals surface area contributed by atoms with Gasteiger partial charge in [0, 0.05) is 4.47 Å². The molecule has 122 valence electrons. The largest absolute Gasteiger partial charge is 0.411 e. The number of nitrogens with one attached hydrogen (secondary N) is 1. The average molecular weight is 425 g/mol. The van der Waals surface area contributed by atoms with Gasteiger partial charge in [0.15, 0.2) is 0 Å². The van der Waals surface area contributed by atoms with Gasteiger partial charge in [-0.05, 0) is 40.2 Å². The number of halogens is 2. The van der Waals surface area contributed by atoms with E-state index in [1.165, 1.54) is 0 Å². The lowest BCUT2D eigenvalue weighted by Crippen LogP contribution is -2.14. The first kappa shape index (κ1) is 17.0. The Morgan fingerprint density at radius 2 is 1.92 bits per heavy atom. The molecule has 0 unspecified atom stereocenters. The number of carbonyl (C=O) groups is 1. The lowest BCUT2D eigenvalue weighted by molar-refractivity contribution is -0.113. The summed E-state index contributed by atoms with van der Waals surface area (Å²) < 4.78 is 6.36. The van der Waals surface area contributed by atoms with Gasteiger partial charge in [0.05, 0.1) is 22.0 Å². The minimum absolute atomic E-state index is 0.158. The molecular weight excluding hydrogens is 414 g/mol. The fourth-order valence-electron chi connectivity index (χ4n) is 1.89. The number of thioether (sulfide) groups is 1. The maximum absolute atomic E-state index is 12.0. The molecule has 0 fully saturated rings. The Balaban J connectivity index is 1.61. The quantitative estimate of drug-likeness (QED) is 0.591. The first-order chi connectivity index (χ1) is 11.6. The van der Waals surface area contributed by atoms with E-state index < -0.39 is 0 Å². The SMILES string of the molecule is O=C(CSc1nnc(-c2ccccc2Cl)o1)Nc1ccccc1Br. The molecule has 0 atom stereocenters. The number of anilines is 1. The van der Waals surface area contributed by atoms with Crippen molar-refractivity contribution in [1.82, 2.24) is 10.2 Å². The normalized spacial score (nSPS) is 10.6. The molecule has 1 aromatic heterocycles. The Kier molecular flexibility index (Phi) is 5.55. The van der Waals surface area contributed by atoms with E-state index in [0.717, 1.165) is 16.2 Å². The van der Waals surface area contributed by atoms with Crippen LogP contribution in [-0.2, 0) is 4.79 Å². The Bertz CT molecular complexity index is 872. The van der Waals surface area contributed by atoms with E-state index in [0.29, 0.717) is 27.4 Å². The van der Waals surface area contributed by atoms with Crippen molar-refractivity contribution in [1.29, 1.82) is 0 Å². The average Bonchev–Trinajstić information content (AvgIpc) is 3.04. The van der Waals surface area contributed by atoms with Crippen molar-refractivity contribution < 1.29 is 9.21 Å². The number of aromatic nitrogens is 2. The maximum Gasteiger partial charge on any atom is 0.277 e. The van der Waals surface area contributed by atoms with Crippen LogP contribution in [0.3, 0.4) is 0 Å². The summed E-state index contributed by atoms with van der Waals surface area (Å²) in [5.74, 6) is 0.324. The van der Waals surface area contributed by atoms with Gasteiger partial charge in [-0.3, -0.25) is 4.79 Å². The van der Waals surface area contributed by atoms with Crippen molar-refractivity contribution in [2.75, 3.05) is 11.1 Å². The van der Waals surface area contributed by atoms with E-state index in [2.05, 4.69) is 31.4 Å². The van der Waals surface area contributed by atoms with Crippen LogP contribution < -0.4 is 5.32 Å². The molecule has 1 N–H and O–H groups in total. The molecule has 0 aliphatic heterocycles. The summed E-state index contributed by atoms with van der Waals surface area (Å²) in [7, 11) is 0. The van der Waals surface area contributed by atoms with Crippen LogP contribution in [0.1, 0.15) is 0 Å². The Morgan fingerprint density at radius 1 is 1.17 bits per heavy atom. The highest BCUT2D eigenvalue weighted by Gasteiger charge is 2.13. The minimum atomic E-state index is -0.163. The van der Waals surface area contributed by atoms with E-state index in [1.807, 2.05) is 36.4 Å². The van der Waals surface area contributed by atoms with Gasteiger partial charge in [-0.15, -0.1) is 10.2 Å². The fourth-order valence-corrected chi connectivity index (χ4v) is 3.05. The molecule has 0 aliphatic carbocycles. The van der Waals surface area contributed by atoms with Gasteiger partial charge in [-0.25, -0.2) is 0 Å². The summed E-state index contributed by atoms with van der Waals surface area (Å²) in [4.78, 5) is 12.0. The van der Waals surface area contributed by atoms with Crippen LogP contribution in [0.2, 0.25) is 5.02 Å². The molecule has 0 spiro atoms. The van der Waals surface area contributed by atoms with Crippen LogP contribution >= 0.6 is 39.3 Å². The van der Waals surface area contributed by atoms with Crippen LogP contribution in [0.5, 0.6) is 0 Å². The molecule has 0 saturated heterocycles. The number of amides is 1. The van der Waals surface area contributed by atoms with E-state index in [-0.39, 0.29) is 11.7 Å². The Morgan fingerprint density at radius 3 is 2.71 bits per heavy atom. The smallest absolute Gasteiger partial charge is 0.277 e. The predicted molar refractivity (Wildman–Crippen MR) is 98.2 cm³/mol. The van der Waals surface area contributed by atoms with Crippen molar-refractivity contribution in [2.24, 2.45) is 0 Å². The third kappa shape index (κ3) is 4.17. The van der Waals surface area contributed by atoms with E-state index in [4.69, 9.17) is 16.0 Å². The van der Waals surface area contributed by atoms with Crippen LogP contribution in [0.15, 0.2) is 62.6 Å². The molecule has 3 aromatic rings. The van der Waals surface area contributed by atoms with Gasteiger partial charge in [0.1, 0.15) is 0 Å². The number of carbonyl (C=O) groups excluding carboxylic acids is 1. The second-order valence-corrected chi connectivity index (χ2v) is 6.86. The number of hydrogen-bond donors (Lipinski definition) is 1. The van der Waals surface area contributed by atoms with Crippen LogP contribution in [0.25, 0.3) is 11.5 Å². The topological polar surface area (TPSA) is 68.0 Å². The van der Waals surface area contributed by atoms with E-state index in [9.17, 15) is 4.79 Å². The molecule has 1 amide bonds. The van der Waals surface area contributed by atoms with Gasteiger partial charge < -0.3 is 9.73 Å². The molecule has 2 aromatic carbocycles. The second kappa shape index (κ2) is 7.83. The van der Waals surface area contributed by atoms with Gasteiger partial charge in [-0.2, -0.15) is 0 Å². The number of hydrogen-bond acceptors (Lipinski definition) is 5. The maximum atomic E-state index is 12.0. The van der Waals surface area contributed by atoms with Crippen molar-refractivity contribution in [2.45, 2.75) is 5.22 Å². The molecule has 0 radical (unpaired) electrons. The zero-order valence-electron chi connectivity index (χ0n) is 12.2. The number of para-hydroxylation sites is 1. The standard InChI is InChI=1S/C16H11BrClN3O2S/c17-11-6-2-4-8-13(11)19-14(22)9-24-16-21-20-15(23-16)10-5-1-3-7-12(10)18/h1-8H,9H2,(H,19,22). The van der Waals surface area contributed by atoms with Gasteiger partial charge in [-0.1, -0.05) is 47.6 Å². The van der Waals surface area contributed by atoms with Gasteiger partial charge in [0.2, 0.25) is 11.8 Å². The third-order valence-electron chi connectivity index (χ3n) is 2.99. The van der Waals surface area contributed by atoms with Crippen molar-refractivity contribution in [3.05, 3.63) is 58.0 Å². The van der Waals surface area contributed by atoms with Crippen molar-refractivity contribution in [3.63, 3.8) is 0 Å². The molecule has 1 heterocycles. The highest BCUT2D eigenvalue weighted by molar-refractivity contribution is 9.10. The Labute approximate surface area is 155 Å². The van der Waals surface area contributed by atoms with E-state index in [1.54, 1.807) is 12.1 Å². The first-order valence-corrected chi connectivity index (χ1v) is 9.05. The zero-order valence-corrected chi connectivity index (χ0v) is 15.4. The number of nitrogens with zero attached hydrogens (tertiary/aromatic N) is 2. The summed E-state index contributed by atoms with van der Waals surface area (Å²) in [6.45, 7) is 0. The van der Waals surface area contributed by atoms with Gasteiger partial charge >= 0.3 is 0 Å². The molecular formula is C16H11BrClN3O2S. The number of rotatable bonds is 5. The van der Waals surface area contributed by atoms with E-state index >= 15 is 0 Å². The lowest BCUT2D eigenvalue weighted by atomic mass is 10.2. The monoisotopic (exact) mass is 423 g/mol. The number of benzene rings is 2. The van der Waals surface area contributed by atoms with Crippen molar-refractivity contribution >= 4 is 50.9 Å². The molecule has 3 rings (SSSR count). The summed E-state index contributed by atoms with van der Waals surface area (Å²) in [6.07, 6.45) is 0. The fraction of sp³-hybridized carbons (Fsp3) is 0.0625. The first-order valence-electron chi connectivity index (χ1n) is 6.89. The summed E-state index contributed by atoms with van der Waals surface area (Å²) in [5.41, 5.74) is 1.38. The third-order valence-corrected chi connectivity index (χ3v) is 4.82. The summed E-state index contributed by atoms with van der Waals surface area (Å²) >= 11 is 10.6. The molecule has 0 aliphatic rings.